The first-order valence-electron chi connectivity index (χ1n) is 14.9. The monoisotopic (exact) mass is 576 g/mol. The first-order valence-corrected chi connectivity index (χ1v) is 14.9. The Morgan fingerprint density at radius 3 is 2.31 bits per heavy atom. The largest absolute Gasteiger partial charge is 0.455 e. The molecule has 0 unspecified atom stereocenters. The van der Waals surface area contributed by atoms with Crippen LogP contribution >= 0.6 is 0 Å². The predicted octanol–water partition coefficient (Wildman–Crippen LogP) is 10.2. The van der Waals surface area contributed by atoms with Crippen LogP contribution in [-0.4, -0.2) is 19.4 Å². The molecule has 6 heteroatoms. The summed E-state index contributed by atoms with van der Waals surface area (Å²) in [6.07, 6.45) is 1.54. The van der Waals surface area contributed by atoms with E-state index in [1.807, 2.05) is 36.4 Å². The molecular weight excluding hydrogens is 556 g/mol. The molecule has 5 aromatic heterocycles. The SMILES string of the molecule is c1ccc2c(-c3ccc4c(c3)c3cc5ncoc5c5c6ccccc6n4c35)nc(-c3cccc4c3oc3ccccc34)nc2c1. The van der Waals surface area contributed by atoms with Crippen molar-refractivity contribution in [1.82, 2.24) is 19.4 Å². The van der Waals surface area contributed by atoms with E-state index < -0.39 is 0 Å². The molecule has 0 aliphatic carbocycles. The van der Waals surface area contributed by atoms with E-state index in [0.29, 0.717) is 5.82 Å². The van der Waals surface area contributed by atoms with Crippen molar-refractivity contribution in [3.05, 3.63) is 122 Å². The Kier molecular flexibility index (Phi) is 4.24. The van der Waals surface area contributed by atoms with Gasteiger partial charge in [0.05, 0.1) is 38.7 Å². The van der Waals surface area contributed by atoms with E-state index in [1.165, 1.54) is 6.39 Å². The lowest BCUT2D eigenvalue weighted by Gasteiger charge is -2.10. The van der Waals surface area contributed by atoms with Gasteiger partial charge in [0, 0.05) is 37.9 Å². The van der Waals surface area contributed by atoms with Gasteiger partial charge in [-0.2, -0.15) is 0 Å². The Bertz CT molecular complexity index is 3000. The van der Waals surface area contributed by atoms with Gasteiger partial charge in [-0.1, -0.05) is 72.8 Å². The van der Waals surface area contributed by atoms with Crippen molar-refractivity contribution < 1.29 is 8.83 Å². The highest BCUT2D eigenvalue weighted by molar-refractivity contribution is 6.30. The fraction of sp³-hybridized carbons (Fsp3) is 0. The number of hydrogen-bond donors (Lipinski definition) is 0. The molecule has 45 heavy (non-hydrogen) atoms. The number of furan rings is 1. The molecule has 0 N–H and O–H groups in total. The van der Waals surface area contributed by atoms with Crippen molar-refractivity contribution >= 4 is 82.0 Å². The van der Waals surface area contributed by atoms with Crippen molar-refractivity contribution in [2.45, 2.75) is 0 Å². The average molecular weight is 577 g/mol. The number of benzene rings is 6. The summed E-state index contributed by atoms with van der Waals surface area (Å²) in [7, 11) is 0. The summed E-state index contributed by atoms with van der Waals surface area (Å²) in [4.78, 5) is 14.9. The summed E-state index contributed by atoms with van der Waals surface area (Å²) in [6.45, 7) is 0. The van der Waals surface area contributed by atoms with Gasteiger partial charge >= 0.3 is 0 Å². The van der Waals surface area contributed by atoms with E-state index >= 15 is 0 Å². The molecule has 0 fully saturated rings. The van der Waals surface area contributed by atoms with Gasteiger partial charge in [0.1, 0.15) is 16.7 Å². The zero-order valence-electron chi connectivity index (χ0n) is 23.7. The van der Waals surface area contributed by atoms with Gasteiger partial charge in [0.2, 0.25) is 0 Å². The normalized spacial score (nSPS) is 12.4. The number of oxazole rings is 1. The molecule has 0 aliphatic heterocycles. The minimum Gasteiger partial charge on any atom is -0.455 e. The molecule has 0 spiro atoms. The van der Waals surface area contributed by atoms with Gasteiger partial charge in [-0.3, -0.25) is 0 Å². The molecular formula is C39H20N4O2. The van der Waals surface area contributed by atoms with E-state index in [4.69, 9.17) is 18.8 Å². The standard InChI is InChI=1S/C39H20N4O2/c1-4-13-29-24(9-1)35(42-39(41-29)26-12-7-11-23-22-8-3-6-15-33(22)45-37(23)26)21-16-17-32-27(18-21)28-19-30-38(44-20-40-30)34-25-10-2-5-14-31(25)43(32)36(28)34/h1-20H. The Balaban J connectivity index is 1.22. The molecule has 0 radical (unpaired) electrons. The minimum absolute atomic E-state index is 0.637. The van der Waals surface area contributed by atoms with Crippen LogP contribution in [0.4, 0.5) is 0 Å². The van der Waals surface area contributed by atoms with Crippen molar-refractivity contribution in [2.75, 3.05) is 0 Å². The van der Waals surface area contributed by atoms with Gasteiger partial charge < -0.3 is 13.2 Å². The van der Waals surface area contributed by atoms with E-state index in [-0.39, 0.29) is 0 Å². The Morgan fingerprint density at radius 1 is 0.556 bits per heavy atom. The van der Waals surface area contributed by atoms with Gasteiger partial charge in [-0.05, 0) is 42.5 Å². The van der Waals surface area contributed by atoms with Crippen LogP contribution in [0.25, 0.3) is 105 Å². The number of para-hydroxylation sites is 4. The van der Waals surface area contributed by atoms with Crippen LogP contribution in [0.3, 0.4) is 0 Å². The lowest BCUT2D eigenvalue weighted by molar-refractivity contribution is 0.605. The van der Waals surface area contributed by atoms with Crippen LogP contribution < -0.4 is 0 Å². The zero-order valence-corrected chi connectivity index (χ0v) is 23.7. The van der Waals surface area contributed by atoms with Crippen molar-refractivity contribution in [3.63, 3.8) is 0 Å². The molecule has 11 rings (SSSR count). The molecule has 0 saturated carbocycles. The second kappa shape index (κ2) is 8.21. The maximum Gasteiger partial charge on any atom is 0.182 e. The molecule has 0 aliphatic rings. The van der Waals surface area contributed by atoms with Crippen LogP contribution in [0.5, 0.6) is 0 Å². The maximum absolute atomic E-state index is 6.38. The third-order valence-electron chi connectivity index (χ3n) is 9.28. The number of nitrogens with zero attached hydrogens (tertiary/aromatic N) is 4. The van der Waals surface area contributed by atoms with Crippen LogP contribution in [0.15, 0.2) is 130 Å². The number of rotatable bonds is 2. The molecule has 0 saturated heterocycles. The molecule has 5 heterocycles. The van der Waals surface area contributed by atoms with Crippen molar-refractivity contribution in [3.8, 4) is 22.6 Å². The summed E-state index contributed by atoms with van der Waals surface area (Å²) >= 11 is 0. The Morgan fingerprint density at radius 2 is 1.36 bits per heavy atom. The zero-order chi connectivity index (χ0) is 29.2. The van der Waals surface area contributed by atoms with E-state index in [0.717, 1.165) is 98.9 Å². The third-order valence-corrected chi connectivity index (χ3v) is 9.28. The van der Waals surface area contributed by atoms with Crippen molar-refractivity contribution in [1.29, 1.82) is 0 Å². The summed E-state index contributed by atoms with van der Waals surface area (Å²) in [5.74, 6) is 0.637. The first kappa shape index (κ1) is 23.2. The van der Waals surface area contributed by atoms with Crippen LogP contribution in [0.1, 0.15) is 0 Å². The van der Waals surface area contributed by atoms with Gasteiger partial charge in [-0.15, -0.1) is 0 Å². The highest BCUT2D eigenvalue weighted by atomic mass is 16.3. The quantitative estimate of drug-likeness (QED) is 0.205. The Labute approximate surface area is 254 Å². The molecule has 11 aromatic rings. The van der Waals surface area contributed by atoms with Gasteiger partial charge in [0.25, 0.3) is 0 Å². The fourth-order valence-corrected chi connectivity index (χ4v) is 7.36. The number of fused-ring (bicyclic) bond motifs is 12. The number of hydrogen-bond acceptors (Lipinski definition) is 5. The van der Waals surface area contributed by atoms with Gasteiger partial charge in [0.15, 0.2) is 17.8 Å². The average Bonchev–Trinajstić information content (AvgIpc) is 3.86. The minimum atomic E-state index is 0.637. The summed E-state index contributed by atoms with van der Waals surface area (Å²) in [5, 5.41) is 7.69. The smallest absolute Gasteiger partial charge is 0.182 e. The van der Waals surface area contributed by atoms with E-state index in [1.54, 1.807) is 0 Å². The maximum atomic E-state index is 6.38. The second-order valence-electron chi connectivity index (χ2n) is 11.6. The van der Waals surface area contributed by atoms with Crippen LogP contribution in [0, 0.1) is 0 Å². The van der Waals surface area contributed by atoms with E-state index in [2.05, 4.69) is 88.2 Å². The lowest BCUT2D eigenvalue weighted by atomic mass is 10.0. The highest BCUT2D eigenvalue weighted by Crippen LogP contribution is 2.44. The summed E-state index contributed by atoms with van der Waals surface area (Å²) in [5.41, 5.74) is 10.4. The van der Waals surface area contributed by atoms with Crippen LogP contribution in [-0.2, 0) is 0 Å². The molecule has 0 atom stereocenters. The molecule has 0 amide bonds. The predicted molar refractivity (Wildman–Crippen MR) is 180 cm³/mol. The lowest BCUT2D eigenvalue weighted by Crippen LogP contribution is -1.95. The molecule has 6 aromatic carbocycles. The topological polar surface area (TPSA) is 69.4 Å². The second-order valence-corrected chi connectivity index (χ2v) is 11.6. The number of aromatic nitrogens is 4. The Hall–Kier alpha value is -6.27. The molecule has 6 nitrogen and oxygen atoms in total. The third kappa shape index (κ3) is 2.95. The van der Waals surface area contributed by atoms with E-state index in [9.17, 15) is 0 Å². The van der Waals surface area contributed by atoms with Crippen molar-refractivity contribution in [2.24, 2.45) is 0 Å². The van der Waals surface area contributed by atoms with Crippen LogP contribution in [0.2, 0.25) is 0 Å². The molecule has 0 bridgehead atoms. The van der Waals surface area contributed by atoms with Gasteiger partial charge in [-0.25, -0.2) is 15.0 Å². The summed E-state index contributed by atoms with van der Waals surface area (Å²) < 4.78 is 14.7. The summed E-state index contributed by atoms with van der Waals surface area (Å²) in [6, 6.07) is 39.8. The fourth-order valence-electron chi connectivity index (χ4n) is 7.36. The highest BCUT2D eigenvalue weighted by Gasteiger charge is 2.23. The molecule has 208 valence electrons. The first-order chi connectivity index (χ1) is 22.3.